The molecular formula is C39H26N10O24S6. The fraction of sp³-hybridized carbons (Fsp3) is 0. The zero-order chi connectivity index (χ0) is 58.7. The molecule has 0 aliphatic rings. The zero-order valence-corrected chi connectivity index (χ0v) is 42.8. The van der Waals surface area contributed by atoms with Crippen molar-refractivity contribution >= 4 is 145 Å². The van der Waals surface area contributed by atoms with Gasteiger partial charge in [0.2, 0.25) is 0 Å². The molecule has 0 spiro atoms. The predicted molar refractivity (Wildman–Crippen MR) is 264 cm³/mol. The third kappa shape index (κ3) is 12.2. The Balaban J connectivity index is 1.37. The van der Waals surface area contributed by atoms with Gasteiger partial charge in [-0.15, -0.1) is 30.7 Å². The van der Waals surface area contributed by atoms with Crippen LogP contribution in [0.5, 0.6) is 11.5 Å². The summed E-state index contributed by atoms with van der Waals surface area (Å²) in [6.45, 7) is 0. The maximum atomic E-state index is 13.0. The van der Waals surface area contributed by atoms with Gasteiger partial charge < -0.3 is 21.1 Å². The summed E-state index contributed by atoms with van der Waals surface area (Å²) in [5, 5.41) is 69.2. The number of carboxylic acid groups (broad SMARTS) is 1. The van der Waals surface area contributed by atoms with Gasteiger partial charge in [0.1, 0.15) is 58.6 Å². The molecule has 0 radical (unpaired) electrons. The molecule has 7 rings (SSSR count). The lowest BCUT2D eigenvalue weighted by atomic mass is 10.0. The Labute approximate surface area is 439 Å². The minimum absolute atomic E-state index is 0.0438. The SMILES string of the molecule is Nc1c(N=Nc2ccc3c(O)c(N=Nc4ccc(N=Nc5ccc(S(=O)(=O)O)cc5)cc4C(=O)O)c(S(=O)(=O)O)cc3c2S(=O)(=O)O)cc(S(=O)(=O)O)c2cc(S(=O)(=O)O)c(N=Nc3ccc([N+](=O)[O-])cc3S(=O)(=O)O)c(O)c12. The van der Waals surface area contributed by atoms with Crippen LogP contribution in [-0.4, -0.2) is 104 Å². The molecule has 0 amide bonds. The Kier molecular flexibility index (Phi) is 15.0. The number of aromatic hydroxyl groups is 2. The molecule has 7 aromatic carbocycles. The molecule has 0 aliphatic heterocycles. The number of rotatable bonds is 16. The van der Waals surface area contributed by atoms with Crippen LogP contribution in [0.1, 0.15) is 10.4 Å². The topological polar surface area (TPSA) is 572 Å². The molecular weight excluding hydrogens is 1180 g/mol. The molecule has 0 bridgehead atoms. The predicted octanol–water partition coefficient (Wildman–Crippen LogP) is 7.73. The number of hydrogen-bond acceptors (Lipinski definition) is 26. The van der Waals surface area contributed by atoms with Crippen LogP contribution in [0, 0.1) is 10.1 Å². The Morgan fingerprint density at radius 2 is 0.937 bits per heavy atom. The van der Waals surface area contributed by atoms with Gasteiger partial charge in [-0.05, 0) is 78.9 Å². The fourth-order valence-corrected chi connectivity index (χ4v) is 10.9. The highest BCUT2D eigenvalue weighted by molar-refractivity contribution is 7.87. The standard InChI is InChI=1S/C39H26N10O24S6/c40-33-27(15-28(75(59,60)61)23-14-31(78(68,69)70)35(37(51)32(23)33)48-44-25-9-4-18(49(54)55)12-29(25)76(62,63)64)46-45-26-10-7-20-21(38(26)79(71,72)73)13-30(77(65,66)67)34(36(20)50)47-43-24-8-3-17(11-22(24)39(52)53)42-41-16-1-5-19(6-2-16)74(56,57)58/h1-15,50-51H,40H2,(H,52,53)(H,56,57,58)(H,59,60,61)(H,62,63,64)(H,65,66,67)(H,68,69,70)(H,71,72,73). The molecule has 0 saturated carbocycles. The molecule has 34 nitrogen and oxygen atoms in total. The number of anilines is 1. The third-order valence-electron chi connectivity index (χ3n) is 10.4. The van der Waals surface area contributed by atoms with Crippen LogP contribution in [0.3, 0.4) is 0 Å². The van der Waals surface area contributed by atoms with Gasteiger partial charge in [-0.25, -0.2) is 4.79 Å². The number of benzene rings is 7. The van der Waals surface area contributed by atoms with E-state index >= 15 is 0 Å². The minimum Gasteiger partial charge on any atom is -0.505 e. The van der Waals surface area contributed by atoms with Crippen molar-refractivity contribution in [2.45, 2.75) is 29.4 Å². The summed E-state index contributed by atoms with van der Waals surface area (Å²) < 4.78 is 209. The number of phenols is 2. The van der Waals surface area contributed by atoms with Gasteiger partial charge >= 0.3 is 5.97 Å². The number of fused-ring (bicyclic) bond motifs is 2. The highest BCUT2D eigenvalue weighted by Crippen LogP contribution is 2.50. The monoisotopic (exact) mass is 1210 g/mol. The number of nitrogen functional groups attached to an aromatic ring is 1. The number of nitro groups is 1. The van der Waals surface area contributed by atoms with E-state index in [-0.39, 0.29) is 17.4 Å². The average Bonchev–Trinajstić information content (AvgIpc) is 3.38. The lowest BCUT2D eigenvalue weighted by Gasteiger charge is -2.15. The van der Waals surface area contributed by atoms with Gasteiger partial charge in [0.05, 0.1) is 37.8 Å². The summed E-state index contributed by atoms with van der Waals surface area (Å²) in [7, 11) is -32.6. The van der Waals surface area contributed by atoms with E-state index < -0.39 is 185 Å². The van der Waals surface area contributed by atoms with Crippen molar-refractivity contribution in [1.82, 2.24) is 0 Å². The highest BCUT2D eigenvalue weighted by Gasteiger charge is 2.31. The number of carboxylic acids is 1. The van der Waals surface area contributed by atoms with Crippen molar-refractivity contribution in [2.24, 2.45) is 40.9 Å². The first kappa shape index (κ1) is 57.9. The molecule has 7 aromatic rings. The molecule has 0 atom stereocenters. The van der Waals surface area contributed by atoms with E-state index in [0.717, 1.165) is 48.5 Å². The maximum absolute atomic E-state index is 13.0. The number of phenolic OH excluding ortho intramolecular Hbond substituents is 2. The van der Waals surface area contributed by atoms with Crippen molar-refractivity contribution < 1.29 is 103 Å². The van der Waals surface area contributed by atoms with Gasteiger partial charge in [-0.3, -0.25) is 37.4 Å². The molecule has 0 heterocycles. The average molecular weight is 1210 g/mol. The second-order valence-corrected chi connectivity index (χ2v) is 23.8. The van der Waals surface area contributed by atoms with Crippen LogP contribution in [-0.2, 0) is 60.7 Å². The Morgan fingerprint density at radius 3 is 1.47 bits per heavy atom. The second-order valence-electron chi connectivity index (χ2n) is 15.4. The van der Waals surface area contributed by atoms with Crippen LogP contribution in [0.15, 0.2) is 161 Å². The minimum atomic E-state index is -5.73. The fourth-order valence-electron chi connectivity index (χ4n) is 6.99. The maximum Gasteiger partial charge on any atom is 0.338 e. The number of nitrogens with two attached hydrogens (primary N) is 1. The first-order valence-corrected chi connectivity index (χ1v) is 28.7. The molecule has 79 heavy (non-hydrogen) atoms. The van der Waals surface area contributed by atoms with E-state index in [0.29, 0.717) is 36.4 Å². The summed E-state index contributed by atoms with van der Waals surface area (Å²) in [6, 6.07) is 11.2. The number of nitro benzene ring substituents is 1. The van der Waals surface area contributed by atoms with Gasteiger partial charge in [0, 0.05) is 28.3 Å². The number of aromatic carboxylic acids is 1. The van der Waals surface area contributed by atoms with E-state index in [4.69, 9.17) is 10.3 Å². The second kappa shape index (κ2) is 20.5. The van der Waals surface area contributed by atoms with Crippen molar-refractivity contribution in [3.05, 3.63) is 107 Å². The smallest absolute Gasteiger partial charge is 0.338 e. The summed E-state index contributed by atoms with van der Waals surface area (Å²) in [6.07, 6.45) is 0. The lowest BCUT2D eigenvalue weighted by molar-refractivity contribution is -0.385. The van der Waals surface area contributed by atoms with Crippen molar-refractivity contribution in [3.8, 4) is 11.5 Å². The zero-order valence-electron chi connectivity index (χ0n) is 37.9. The van der Waals surface area contributed by atoms with E-state index in [1.165, 1.54) is 0 Å². The Morgan fingerprint density at radius 1 is 0.456 bits per heavy atom. The molecule has 0 saturated heterocycles. The lowest BCUT2D eigenvalue weighted by Crippen LogP contribution is -2.04. The van der Waals surface area contributed by atoms with Gasteiger partial charge in [-0.1, -0.05) is 0 Å². The number of nitrogens with zero attached hydrogens (tertiary/aromatic N) is 9. The first-order chi connectivity index (χ1) is 36.4. The van der Waals surface area contributed by atoms with E-state index in [9.17, 15) is 103 Å². The number of azo groups is 4. The normalized spacial score (nSPS) is 13.2. The van der Waals surface area contributed by atoms with Crippen LogP contribution < -0.4 is 5.73 Å². The molecule has 412 valence electrons. The first-order valence-electron chi connectivity index (χ1n) is 20.1. The highest BCUT2D eigenvalue weighted by atomic mass is 32.2. The largest absolute Gasteiger partial charge is 0.505 e. The number of hydrogen-bond donors (Lipinski definition) is 10. The summed E-state index contributed by atoms with van der Waals surface area (Å²) in [5.41, 5.74) is -2.58. The summed E-state index contributed by atoms with van der Waals surface area (Å²) in [5.74, 6) is -4.55. The molecule has 40 heteroatoms. The molecule has 0 unspecified atom stereocenters. The van der Waals surface area contributed by atoms with Crippen molar-refractivity contribution in [3.63, 3.8) is 0 Å². The van der Waals surface area contributed by atoms with Crippen LogP contribution in [0.2, 0.25) is 0 Å². The third-order valence-corrected chi connectivity index (χ3v) is 15.7. The van der Waals surface area contributed by atoms with Gasteiger partial charge in [-0.2, -0.15) is 60.7 Å². The summed E-state index contributed by atoms with van der Waals surface area (Å²) >= 11 is 0. The van der Waals surface area contributed by atoms with E-state index in [2.05, 4.69) is 40.9 Å². The molecule has 11 N–H and O–H groups in total. The van der Waals surface area contributed by atoms with Gasteiger partial charge in [0.25, 0.3) is 66.4 Å². The van der Waals surface area contributed by atoms with Crippen molar-refractivity contribution in [2.75, 3.05) is 5.73 Å². The summed E-state index contributed by atoms with van der Waals surface area (Å²) in [4.78, 5) is 14.9. The van der Waals surface area contributed by atoms with E-state index in [1.807, 2.05) is 0 Å². The molecule has 0 fully saturated rings. The van der Waals surface area contributed by atoms with Crippen LogP contribution in [0.4, 0.5) is 56.9 Å². The molecule has 0 aromatic heterocycles. The number of non-ortho nitro benzene ring substituents is 1. The van der Waals surface area contributed by atoms with Crippen LogP contribution in [0.25, 0.3) is 21.5 Å². The van der Waals surface area contributed by atoms with E-state index in [1.54, 1.807) is 0 Å². The Hall–Kier alpha value is -8.81. The molecule has 0 aliphatic carbocycles. The van der Waals surface area contributed by atoms with Crippen molar-refractivity contribution in [1.29, 1.82) is 0 Å². The van der Waals surface area contributed by atoms with Crippen LogP contribution >= 0.6 is 0 Å². The van der Waals surface area contributed by atoms with Gasteiger partial charge in [0.15, 0.2) is 11.5 Å². The quantitative estimate of drug-likeness (QED) is 0.0145. The Bertz CT molecular complexity index is 4690. The number of carbonyl (C=O) groups is 1.